The van der Waals surface area contributed by atoms with Gasteiger partial charge in [0.1, 0.15) is 0 Å². The summed E-state index contributed by atoms with van der Waals surface area (Å²) in [6.07, 6.45) is 2.17. The van der Waals surface area contributed by atoms with E-state index in [4.69, 9.17) is 0 Å². The zero-order valence-corrected chi connectivity index (χ0v) is 12.4. The van der Waals surface area contributed by atoms with Gasteiger partial charge in [-0.1, -0.05) is 29.3 Å². The number of halogens is 1. The zero-order chi connectivity index (χ0) is 12.8. The lowest BCUT2D eigenvalue weighted by molar-refractivity contribution is 0.0762. The third kappa shape index (κ3) is 4.15. The molecule has 1 aromatic rings. The highest BCUT2D eigenvalue weighted by Gasteiger charge is 2.14. The van der Waals surface area contributed by atoms with Crippen molar-refractivity contribution in [3.05, 3.63) is 33.8 Å². The van der Waals surface area contributed by atoms with Crippen LogP contribution in [0.5, 0.6) is 0 Å². The maximum atomic E-state index is 12.3. The highest BCUT2D eigenvalue weighted by Crippen LogP contribution is 2.17. The molecule has 0 saturated heterocycles. The Hall–Kier alpha value is -0.830. The van der Waals surface area contributed by atoms with Crippen molar-refractivity contribution < 1.29 is 4.79 Å². The van der Waals surface area contributed by atoms with Gasteiger partial charge in [-0.05, 0) is 44.0 Å². The van der Waals surface area contributed by atoms with Crippen molar-refractivity contribution in [3.63, 3.8) is 0 Å². The summed E-state index contributed by atoms with van der Waals surface area (Å²) in [5.74, 6) is 0.130. The first kappa shape index (κ1) is 14.2. The van der Waals surface area contributed by atoms with Crippen molar-refractivity contribution in [2.24, 2.45) is 0 Å². The first-order chi connectivity index (χ1) is 8.08. The van der Waals surface area contributed by atoms with Gasteiger partial charge in [-0.15, -0.1) is 0 Å². The standard InChI is InChI=1S/C14H20BrNO/c1-4-6-7-16(5-2)14(17)12-8-11(3)9-13(15)10-12/h8-10H,4-7H2,1-3H3. The second-order valence-corrected chi connectivity index (χ2v) is 5.17. The molecule has 0 radical (unpaired) electrons. The number of benzene rings is 1. The van der Waals surface area contributed by atoms with Crippen LogP contribution >= 0.6 is 15.9 Å². The number of unbranched alkanes of at least 4 members (excludes halogenated alkanes) is 1. The number of hydrogen-bond donors (Lipinski definition) is 0. The molecule has 0 aliphatic heterocycles. The van der Waals surface area contributed by atoms with Crippen LogP contribution in [0.4, 0.5) is 0 Å². The van der Waals surface area contributed by atoms with Crippen LogP contribution in [0.2, 0.25) is 0 Å². The lowest BCUT2D eigenvalue weighted by Gasteiger charge is -2.21. The summed E-state index contributed by atoms with van der Waals surface area (Å²) < 4.78 is 0.965. The summed E-state index contributed by atoms with van der Waals surface area (Å²) in [5, 5.41) is 0. The van der Waals surface area contributed by atoms with Gasteiger partial charge in [0.2, 0.25) is 0 Å². The number of carbonyl (C=O) groups is 1. The summed E-state index contributed by atoms with van der Waals surface area (Å²) in [4.78, 5) is 14.2. The Morgan fingerprint density at radius 3 is 2.53 bits per heavy atom. The van der Waals surface area contributed by atoms with E-state index in [0.29, 0.717) is 0 Å². The molecule has 17 heavy (non-hydrogen) atoms. The maximum absolute atomic E-state index is 12.3. The molecule has 0 unspecified atom stereocenters. The number of rotatable bonds is 5. The van der Waals surface area contributed by atoms with Gasteiger partial charge in [-0.2, -0.15) is 0 Å². The van der Waals surface area contributed by atoms with E-state index in [-0.39, 0.29) is 5.91 Å². The molecular weight excluding hydrogens is 278 g/mol. The molecule has 0 fully saturated rings. The molecule has 0 aliphatic rings. The van der Waals surface area contributed by atoms with Gasteiger partial charge in [0.05, 0.1) is 0 Å². The number of amides is 1. The lowest BCUT2D eigenvalue weighted by atomic mass is 10.1. The van der Waals surface area contributed by atoms with Crippen LogP contribution in [0, 0.1) is 6.92 Å². The molecule has 0 saturated carbocycles. The van der Waals surface area contributed by atoms with Crippen molar-refractivity contribution in [3.8, 4) is 0 Å². The molecule has 2 nitrogen and oxygen atoms in total. The second kappa shape index (κ2) is 6.80. The van der Waals surface area contributed by atoms with Crippen LogP contribution in [0.1, 0.15) is 42.6 Å². The average molecular weight is 298 g/mol. The molecule has 0 spiro atoms. The van der Waals surface area contributed by atoms with Crippen LogP contribution < -0.4 is 0 Å². The first-order valence-electron chi connectivity index (χ1n) is 6.15. The number of carbonyl (C=O) groups excluding carboxylic acids is 1. The van der Waals surface area contributed by atoms with Crippen LogP contribution in [-0.2, 0) is 0 Å². The molecular formula is C14H20BrNO. The van der Waals surface area contributed by atoms with Crippen molar-refractivity contribution in [2.45, 2.75) is 33.6 Å². The Kier molecular flexibility index (Phi) is 5.69. The van der Waals surface area contributed by atoms with Crippen molar-refractivity contribution in [1.29, 1.82) is 0 Å². The van der Waals surface area contributed by atoms with Crippen LogP contribution in [0.3, 0.4) is 0 Å². The van der Waals surface area contributed by atoms with Gasteiger partial charge < -0.3 is 4.90 Å². The number of hydrogen-bond acceptors (Lipinski definition) is 1. The Labute approximate surface area is 112 Å². The molecule has 3 heteroatoms. The quantitative estimate of drug-likeness (QED) is 0.804. The topological polar surface area (TPSA) is 20.3 Å². The van der Waals surface area contributed by atoms with E-state index in [1.807, 2.05) is 36.9 Å². The fourth-order valence-corrected chi connectivity index (χ4v) is 2.40. The number of aryl methyl sites for hydroxylation is 1. The van der Waals surface area contributed by atoms with Gasteiger partial charge in [-0.3, -0.25) is 4.79 Å². The SMILES string of the molecule is CCCCN(CC)C(=O)c1cc(C)cc(Br)c1. The minimum absolute atomic E-state index is 0.130. The second-order valence-electron chi connectivity index (χ2n) is 4.26. The van der Waals surface area contributed by atoms with Gasteiger partial charge in [0.25, 0.3) is 5.91 Å². The van der Waals surface area contributed by atoms with E-state index in [9.17, 15) is 4.79 Å². The van der Waals surface area contributed by atoms with Gasteiger partial charge in [0.15, 0.2) is 0 Å². The molecule has 1 rings (SSSR count). The molecule has 1 aromatic carbocycles. The highest BCUT2D eigenvalue weighted by molar-refractivity contribution is 9.10. The lowest BCUT2D eigenvalue weighted by Crippen LogP contribution is -2.31. The zero-order valence-electron chi connectivity index (χ0n) is 10.8. The van der Waals surface area contributed by atoms with Crippen LogP contribution in [0.25, 0.3) is 0 Å². The molecule has 0 N–H and O–H groups in total. The highest BCUT2D eigenvalue weighted by atomic mass is 79.9. The fraction of sp³-hybridized carbons (Fsp3) is 0.500. The third-order valence-corrected chi connectivity index (χ3v) is 3.20. The van der Waals surface area contributed by atoms with Crippen LogP contribution in [-0.4, -0.2) is 23.9 Å². The first-order valence-corrected chi connectivity index (χ1v) is 6.94. The van der Waals surface area contributed by atoms with E-state index in [0.717, 1.165) is 41.5 Å². The predicted octanol–water partition coefficient (Wildman–Crippen LogP) is 4.02. The van der Waals surface area contributed by atoms with Gasteiger partial charge >= 0.3 is 0 Å². The van der Waals surface area contributed by atoms with Gasteiger partial charge in [0, 0.05) is 23.1 Å². The summed E-state index contributed by atoms with van der Waals surface area (Å²) in [6.45, 7) is 7.78. The van der Waals surface area contributed by atoms with Crippen molar-refractivity contribution >= 4 is 21.8 Å². The molecule has 0 aromatic heterocycles. The fourth-order valence-electron chi connectivity index (χ4n) is 1.79. The Morgan fingerprint density at radius 2 is 2.00 bits per heavy atom. The smallest absolute Gasteiger partial charge is 0.253 e. The van der Waals surface area contributed by atoms with Gasteiger partial charge in [-0.25, -0.2) is 0 Å². The Morgan fingerprint density at radius 1 is 1.29 bits per heavy atom. The van der Waals surface area contributed by atoms with E-state index in [1.165, 1.54) is 0 Å². The monoisotopic (exact) mass is 297 g/mol. The molecule has 0 heterocycles. The predicted molar refractivity (Wildman–Crippen MR) is 75.4 cm³/mol. The third-order valence-electron chi connectivity index (χ3n) is 2.74. The van der Waals surface area contributed by atoms with E-state index < -0.39 is 0 Å². The summed E-state index contributed by atoms with van der Waals surface area (Å²) >= 11 is 3.43. The summed E-state index contributed by atoms with van der Waals surface area (Å²) in [5.41, 5.74) is 1.88. The molecule has 1 amide bonds. The van der Waals surface area contributed by atoms with Crippen molar-refractivity contribution in [2.75, 3.05) is 13.1 Å². The Balaban J connectivity index is 2.85. The minimum Gasteiger partial charge on any atom is -0.339 e. The van der Waals surface area contributed by atoms with Crippen molar-refractivity contribution in [1.82, 2.24) is 4.90 Å². The minimum atomic E-state index is 0.130. The van der Waals surface area contributed by atoms with E-state index >= 15 is 0 Å². The summed E-state index contributed by atoms with van der Waals surface area (Å²) in [6, 6.07) is 5.85. The molecule has 0 aliphatic carbocycles. The molecule has 0 bridgehead atoms. The van der Waals surface area contributed by atoms with Crippen LogP contribution in [0.15, 0.2) is 22.7 Å². The number of nitrogens with zero attached hydrogens (tertiary/aromatic N) is 1. The summed E-state index contributed by atoms with van der Waals surface area (Å²) in [7, 11) is 0. The average Bonchev–Trinajstić information content (AvgIpc) is 2.28. The molecule has 94 valence electrons. The molecule has 0 atom stereocenters. The van der Waals surface area contributed by atoms with E-state index in [1.54, 1.807) is 0 Å². The van der Waals surface area contributed by atoms with E-state index in [2.05, 4.69) is 22.9 Å². The normalized spacial score (nSPS) is 10.4. The Bertz CT molecular complexity index is 370. The maximum Gasteiger partial charge on any atom is 0.253 e. The largest absolute Gasteiger partial charge is 0.339 e.